The molecule has 2 aliphatic heterocycles. The number of amides is 3. The van der Waals surface area contributed by atoms with E-state index in [9.17, 15) is 49.9 Å². The number of nitrogens with zero attached hydrogens (tertiary/aromatic N) is 5. The Morgan fingerprint density at radius 3 is 2.00 bits per heavy atom. The van der Waals surface area contributed by atoms with Gasteiger partial charge >= 0.3 is 5.69 Å². The van der Waals surface area contributed by atoms with Gasteiger partial charge < -0.3 is 30.4 Å². The minimum atomic E-state index is -4.71. The smallest absolute Gasteiger partial charge is 0.332 e. The zero-order valence-corrected chi connectivity index (χ0v) is 50.8. The first-order chi connectivity index (χ1) is 40.3. The van der Waals surface area contributed by atoms with E-state index in [2.05, 4.69) is 25.8 Å². The zero-order valence-electron chi connectivity index (χ0n) is 49.2. The number of anilines is 1. The molecule has 3 aromatic carbocycles. The molecule has 4 fully saturated rings. The van der Waals surface area contributed by atoms with Crippen molar-refractivity contribution in [2.75, 3.05) is 38.1 Å². The van der Waals surface area contributed by atoms with Gasteiger partial charge in [0.05, 0.1) is 15.2 Å². The maximum absolute atomic E-state index is 13.8. The Morgan fingerprint density at radius 2 is 1.36 bits per heavy atom. The lowest BCUT2D eigenvalue weighted by atomic mass is 9.49. The molecule has 0 saturated heterocycles. The van der Waals surface area contributed by atoms with E-state index in [0.717, 1.165) is 53.4 Å². The van der Waals surface area contributed by atoms with E-state index in [4.69, 9.17) is 4.98 Å². The number of benzene rings is 3. The lowest BCUT2D eigenvalue weighted by Gasteiger charge is -2.55. The largest absolute Gasteiger partial charge is 0.744 e. The van der Waals surface area contributed by atoms with E-state index < -0.39 is 36.8 Å². The summed E-state index contributed by atoms with van der Waals surface area (Å²) in [6, 6.07) is 15.2. The van der Waals surface area contributed by atoms with Gasteiger partial charge in [0.2, 0.25) is 11.6 Å². The monoisotopic (exact) mass is 1200 g/mol. The number of aryl methyl sites for hydroxylation is 1. The van der Waals surface area contributed by atoms with E-state index in [1.807, 2.05) is 76.6 Å². The number of rotatable bonds is 23. The predicted molar refractivity (Wildman–Crippen MR) is 323 cm³/mol. The Bertz CT molecular complexity index is 3930. The van der Waals surface area contributed by atoms with Crippen molar-refractivity contribution in [3.05, 3.63) is 146 Å². The van der Waals surface area contributed by atoms with E-state index in [1.165, 1.54) is 48.1 Å². The van der Waals surface area contributed by atoms with E-state index in [-0.39, 0.29) is 71.1 Å². The zero-order chi connectivity index (χ0) is 60.8. The number of carbonyl (C=O) groups excluding carboxylic acids is 3. The number of hydrogen-bond donors (Lipinski definition) is 5. The van der Waals surface area contributed by atoms with Crippen LogP contribution in [0.4, 0.5) is 11.4 Å². The third kappa shape index (κ3) is 12.3. The average Bonchev–Trinajstić information content (AvgIpc) is 1.99. The van der Waals surface area contributed by atoms with Crippen LogP contribution in [0, 0.1) is 17.8 Å². The Labute approximate surface area is 496 Å². The second-order valence-corrected chi connectivity index (χ2v) is 27.7. The van der Waals surface area contributed by atoms with Crippen LogP contribution >= 0.6 is 0 Å². The molecule has 0 unspecified atom stereocenters. The Kier molecular flexibility index (Phi) is 17.1. The number of nitrogens with one attached hydrogen (secondary N) is 4. The van der Waals surface area contributed by atoms with Gasteiger partial charge in [-0.1, -0.05) is 45.4 Å². The quantitative estimate of drug-likeness (QED) is 0.0182. The van der Waals surface area contributed by atoms with Crippen molar-refractivity contribution in [1.82, 2.24) is 35.1 Å². The highest BCUT2D eigenvalue weighted by atomic mass is 32.2. The van der Waals surface area contributed by atoms with Crippen molar-refractivity contribution in [2.45, 2.75) is 151 Å². The van der Waals surface area contributed by atoms with Gasteiger partial charge in [-0.05, 0) is 162 Å². The molecule has 4 aliphatic carbocycles. The second kappa shape index (κ2) is 23.9. The number of imidazole rings is 1. The van der Waals surface area contributed by atoms with Crippen LogP contribution in [0.3, 0.4) is 0 Å². The van der Waals surface area contributed by atoms with Crippen LogP contribution in [-0.2, 0) is 54.4 Å². The summed E-state index contributed by atoms with van der Waals surface area (Å²) in [5, 5.41) is 8.58. The molecule has 5 N–H and O–H groups in total. The van der Waals surface area contributed by atoms with Crippen LogP contribution in [0.5, 0.6) is 0 Å². The Balaban J connectivity index is 0.670. The lowest BCUT2D eigenvalue weighted by Crippen LogP contribution is -2.49. The Morgan fingerprint density at radius 1 is 0.741 bits per heavy atom. The molecule has 4 bridgehead atoms. The molecule has 4 saturated carbocycles. The van der Waals surface area contributed by atoms with Crippen LogP contribution in [0.15, 0.2) is 116 Å². The fourth-order valence-electron chi connectivity index (χ4n) is 14.4. The van der Waals surface area contributed by atoms with E-state index in [1.54, 1.807) is 41.0 Å². The minimum Gasteiger partial charge on any atom is -0.744 e. The maximum atomic E-state index is 13.8. The first kappa shape index (κ1) is 60.8. The topological polar surface area (TPSA) is 278 Å². The molecule has 4 heterocycles. The predicted octanol–water partition coefficient (Wildman–Crippen LogP) is 7.64. The maximum Gasteiger partial charge on any atom is 0.332 e. The first-order valence-corrected chi connectivity index (χ1v) is 32.5. The molecule has 22 heteroatoms. The number of aromatic amines is 1. The van der Waals surface area contributed by atoms with Crippen molar-refractivity contribution in [3.8, 4) is 0 Å². The third-order valence-corrected chi connectivity index (χ3v) is 20.0. The summed E-state index contributed by atoms with van der Waals surface area (Å²) < 4.78 is 74.6. The number of fused-ring (bicyclic) bond motifs is 3. The van der Waals surface area contributed by atoms with Crippen molar-refractivity contribution in [2.24, 2.45) is 17.8 Å². The molecule has 6 aliphatic rings. The summed E-state index contributed by atoms with van der Waals surface area (Å²) in [6.45, 7) is 11.6. The number of H-pyrrole nitrogens is 1. The van der Waals surface area contributed by atoms with Gasteiger partial charge in [-0.3, -0.25) is 32.9 Å². The molecule has 0 spiro atoms. The molecule has 452 valence electrons. The van der Waals surface area contributed by atoms with Crippen LogP contribution in [0.2, 0.25) is 0 Å². The van der Waals surface area contributed by atoms with Crippen LogP contribution in [0.1, 0.15) is 149 Å². The number of aromatic nitrogens is 4. The number of allylic oxidation sites excluding steroid dienone is 6. The van der Waals surface area contributed by atoms with Gasteiger partial charge in [0.1, 0.15) is 28.5 Å². The van der Waals surface area contributed by atoms with Crippen LogP contribution in [0.25, 0.3) is 11.2 Å². The third-order valence-electron chi connectivity index (χ3n) is 18.3. The van der Waals surface area contributed by atoms with Crippen molar-refractivity contribution >= 4 is 66.2 Å². The van der Waals surface area contributed by atoms with E-state index in [0.29, 0.717) is 90.8 Å². The van der Waals surface area contributed by atoms with Crippen molar-refractivity contribution in [3.63, 3.8) is 0 Å². The standard InChI is InChI=1S/C63H77N9O11S2/c1-7-29-72-58(76)54-55(68-59(67-54)63-37-40-32-41(38-63)34-42(33-40)39-63)71(60(72)77)31-14-26-65-56(74)43-18-20-44(21-19-43)57(75)66-28-27-64-53(73)17-12-9-13-30-70-50-25-23-46(85(81,82)83)36-48(50)62(4,5)52(70)16-11-8-10-15-51-61(2,3)47-35-45(84(78,79)80)22-24-49(47)69(51)6/h8,10-11,15-16,18-25,35-36,40-42H,7,9,12-14,17,26-34,37-39H2,1-6H3,(H5-,64,65,66,67,68,73,74,75,76,78,79,80,81,82,83). The van der Waals surface area contributed by atoms with Crippen LogP contribution < -0.4 is 32.1 Å². The van der Waals surface area contributed by atoms with Crippen molar-refractivity contribution < 1.29 is 44.9 Å². The summed E-state index contributed by atoms with van der Waals surface area (Å²) in [4.78, 5) is 76.6. The first-order valence-electron chi connectivity index (χ1n) is 29.6. The fourth-order valence-corrected chi connectivity index (χ4v) is 15.4. The highest BCUT2D eigenvalue weighted by Gasteiger charge is 2.53. The SMILES string of the molecule is CCCn1c(=O)c2[nH]c(C34CC5CC(CC(C5)C3)C4)nc2n(CCCNC(=O)c2ccc(C(=O)NCCNC(=O)CCCCCN3/C(=C/C=C/C=C/C4=[N+](C)c5ccc(S(=O)(=O)O)cc5C4(C)C)C(C)(C)c4cc(S(=O)(=O)[O-])ccc43)cc2)c1=O. The molecule has 2 aromatic heterocycles. The van der Waals surface area contributed by atoms with Crippen molar-refractivity contribution in [1.29, 1.82) is 0 Å². The molecular formula is C63H77N9O11S2. The molecule has 3 amide bonds. The summed E-state index contributed by atoms with van der Waals surface area (Å²) in [5.41, 5.74) is 4.25. The molecule has 11 rings (SSSR count). The summed E-state index contributed by atoms with van der Waals surface area (Å²) in [7, 11) is -7.20. The molecular weight excluding hydrogens is 1120 g/mol. The van der Waals surface area contributed by atoms with Gasteiger partial charge in [0.25, 0.3) is 27.5 Å². The molecule has 0 atom stereocenters. The lowest BCUT2D eigenvalue weighted by molar-refractivity contribution is -0.401. The highest BCUT2D eigenvalue weighted by Crippen LogP contribution is 2.60. The average molecular weight is 1200 g/mol. The number of unbranched alkanes of at least 4 members (excludes halogenated alkanes) is 2. The summed E-state index contributed by atoms with van der Waals surface area (Å²) in [5.74, 6) is 2.04. The van der Waals surface area contributed by atoms with Gasteiger partial charge in [-0.15, -0.1) is 0 Å². The molecule has 20 nitrogen and oxygen atoms in total. The van der Waals surface area contributed by atoms with Gasteiger partial charge in [0, 0.05) is 96.7 Å². The highest BCUT2D eigenvalue weighted by molar-refractivity contribution is 7.86. The fraction of sp³-hybridized carbons (Fsp3) is 0.476. The number of carbonyl (C=O) groups is 3. The van der Waals surface area contributed by atoms with Gasteiger partial charge in [-0.2, -0.15) is 13.0 Å². The Hall–Kier alpha value is -7.27. The normalized spacial score (nSPS) is 21.6. The number of hydrogen-bond acceptors (Lipinski definition) is 12. The molecule has 0 radical (unpaired) electrons. The summed E-state index contributed by atoms with van der Waals surface area (Å²) >= 11 is 0. The second-order valence-electron chi connectivity index (χ2n) is 24.9. The minimum absolute atomic E-state index is 0.0793. The molecule has 5 aromatic rings. The molecule has 85 heavy (non-hydrogen) atoms. The van der Waals surface area contributed by atoms with Gasteiger partial charge in [0.15, 0.2) is 11.4 Å². The van der Waals surface area contributed by atoms with Crippen LogP contribution in [-0.4, -0.2) is 106 Å². The van der Waals surface area contributed by atoms with E-state index >= 15 is 0 Å². The van der Waals surface area contributed by atoms with Gasteiger partial charge in [-0.25, -0.2) is 18.2 Å². The summed E-state index contributed by atoms with van der Waals surface area (Å²) in [6.07, 6.45) is 19.9.